The van der Waals surface area contributed by atoms with E-state index in [0.717, 1.165) is 0 Å². The van der Waals surface area contributed by atoms with Crippen molar-refractivity contribution in [2.24, 2.45) is 0 Å². The number of carboxylic acids is 1. The Morgan fingerprint density at radius 1 is 1.47 bits per heavy atom. The van der Waals surface area contributed by atoms with Crippen molar-refractivity contribution >= 4 is 17.6 Å². The highest BCUT2D eigenvalue weighted by atomic mass is 35.5. The minimum absolute atomic E-state index is 0.249. The molecule has 0 saturated carbocycles. The summed E-state index contributed by atoms with van der Waals surface area (Å²) in [7, 11) is 0. The van der Waals surface area contributed by atoms with Gasteiger partial charge in [-0.05, 0) is 11.6 Å². The molecule has 3 nitrogen and oxygen atoms in total. The van der Waals surface area contributed by atoms with Crippen LogP contribution in [0.2, 0.25) is 5.02 Å². The molecule has 1 aromatic rings. The molecule has 0 radical (unpaired) electrons. The molecule has 82 valence electrons. The molecule has 0 unspecified atom stereocenters. The van der Waals surface area contributed by atoms with Gasteiger partial charge in [0.1, 0.15) is 0 Å². The monoisotopic (exact) mass is 236 g/mol. The molecule has 6 heteroatoms. The first kappa shape index (κ1) is 11.9. The average molecular weight is 237 g/mol. The van der Waals surface area contributed by atoms with Crippen LogP contribution in [0.25, 0.3) is 0 Å². The zero-order valence-electron chi connectivity index (χ0n) is 7.41. The van der Waals surface area contributed by atoms with Gasteiger partial charge in [-0.3, -0.25) is 0 Å². The number of halogens is 3. The summed E-state index contributed by atoms with van der Waals surface area (Å²) in [6, 6.07) is 6.18. The van der Waals surface area contributed by atoms with E-state index in [2.05, 4.69) is 4.74 Å². The topological polar surface area (TPSA) is 46.5 Å². The molecule has 1 N–H and O–H groups in total. The summed E-state index contributed by atoms with van der Waals surface area (Å²) in [4.78, 5) is 10.0. The van der Waals surface area contributed by atoms with E-state index in [1.807, 2.05) is 0 Å². The second-order valence-electron chi connectivity index (χ2n) is 2.70. The maximum absolute atomic E-state index is 12.5. The molecule has 0 aliphatic heterocycles. The third kappa shape index (κ3) is 3.14. The summed E-state index contributed by atoms with van der Waals surface area (Å²) >= 11 is 5.66. The van der Waals surface area contributed by atoms with Crippen molar-refractivity contribution in [2.75, 3.05) is 0 Å². The summed E-state index contributed by atoms with van der Waals surface area (Å²) in [5.41, 5.74) is 0.306. The van der Waals surface area contributed by atoms with E-state index < -0.39 is 18.7 Å². The molecule has 0 aliphatic carbocycles. The van der Waals surface area contributed by atoms with Crippen LogP contribution < -0.4 is 0 Å². The molecule has 15 heavy (non-hydrogen) atoms. The Morgan fingerprint density at radius 3 is 2.60 bits per heavy atom. The molecule has 0 heterocycles. The fourth-order valence-corrected chi connectivity index (χ4v) is 1.04. The van der Waals surface area contributed by atoms with Crippen molar-refractivity contribution in [1.29, 1.82) is 0 Å². The summed E-state index contributed by atoms with van der Waals surface area (Å²) in [6.07, 6.45) is -4.20. The van der Waals surface area contributed by atoms with Crippen LogP contribution >= 0.6 is 11.6 Å². The van der Waals surface area contributed by atoms with E-state index in [0.29, 0.717) is 5.56 Å². The Labute approximate surface area is 89.2 Å². The van der Waals surface area contributed by atoms with Gasteiger partial charge < -0.3 is 9.84 Å². The largest absolute Gasteiger partial charge is 0.475 e. The van der Waals surface area contributed by atoms with Gasteiger partial charge in [0.15, 0.2) is 0 Å². The summed E-state index contributed by atoms with van der Waals surface area (Å²) < 4.78 is 28.9. The third-order valence-corrected chi connectivity index (χ3v) is 1.98. The second-order valence-corrected chi connectivity index (χ2v) is 3.11. The maximum atomic E-state index is 12.5. The number of alkyl halides is 2. The van der Waals surface area contributed by atoms with Crippen LogP contribution in [-0.2, 0) is 16.1 Å². The van der Waals surface area contributed by atoms with Crippen molar-refractivity contribution in [3.63, 3.8) is 0 Å². The lowest BCUT2D eigenvalue weighted by Gasteiger charge is -2.12. The lowest BCUT2D eigenvalue weighted by molar-refractivity contribution is -0.250. The minimum Gasteiger partial charge on any atom is -0.475 e. The second kappa shape index (κ2) is 4.55. The molecule has 0 spiro atoms. The quantitative estimate of drug-likeness (QED) is 0.874. The van der Waals surface area contributed by atoms with Crippen molar-refractivity contribution in [1.82, 2.24) is 0 Å². The third-order valence-electron chi connectivity index (χ3n) is 1.62. The van der Waals surface area contributed by atoms with Crippen LogP contribution in [0.1, 0.15) is 5.56 Å². The number of benzene rings is 1. The van der Waals surface area contributed by atoms with Gasteiger partial charge in [-0.15, -0.1) is 0 Å². The molecule has 0 amide bonds. The van der Waals surface area contributed by atoms with E-state index in [-0.39, 0.29) is 5.02 Å². The fourth-order valence-electron chi connectivity index (χ4n) is 0.846. The van der Waals surface area contributed by atoms with Crippen LogP contribution in [-0.4, -0.2) is 17.2 Å². The Morgan fingerprint density at radius 2 is 2.07 bits per heavy atom. The zero-order chi connectivity index (χ0) is 11.5. The molecule has 1 rings (SSSR count). The molecule has 0 bridgehead atoms. The van der Waals surface area contributed by atoms with Crippen molar-refractivity contribution < 1.29 is 23.4 Å². The highest BCUT2D eigenvalue weighted by molar-refractivity contribution is 6.31. The number of carboxylic acid groups (broad SMARTS) is 1. The van der Waals surface area contributed by atoms with Crippen LogP contribution in [0.4, 0.5) is 8.78 Å². The summed E-state index contributed by atoms with van der Waals surface area (Å²) in [5.74, 6) is -2.32. The molecule has 0 fully saturated rings. The van der Waals surface area contributed by atoms with Gasteiger partial charge in [-0.2, -0.15) is 8.78 Å². The molecular weight excluding hydrogens is 230 g/mol. The Balaban J connectivity index is 2.66. The molecule has 0 atom stereocenters. The van der Waals surface area contributed by atoms with E-state index >= 15 is 0 Å². The van der Waals surface area contributed by atoms with Crippen molar-refractivity contribution in [3.8, 4) is 0 Å². The van der Waals surface area contributed by atoms with Crippen LogP contribution in [0.3, 0.4) is 0 Å². The van der Waals surface area contributed by atoms with Gasteiger partial charge >= 0.3 is 12.1 Å². The van der Waals surface area contributed by atoms with Crippen molar-refractivity contribution in [2.45, 2.75) is 12.7 Å². The predicted octanol–water partition coefficient (Wildman–Crippen LogP) is 2.53. The Bertz CT molecular complexity index is 368. The number of rotatable bonds is 4. The molecule has 0 aliphatic rings. The maximum Gasteiger partial charge on any atom is 0.456 e. The first-order valence-corrected chi connectivity index (χ1v) is 4.30. The van der Waals surface area contributed by atoms with Gasteiger partial charge in [0, 0.05) is 5.02 Å². The zero-order valence-corrected chi connectivity index (χ0v) is 8.17. The Hall–Kier alpha value is -1.20. The van der Waals surface area contributed by atoms with E-state index in [1.54, 1.807) is 12.1 Å². The highest BCUT2D eigenvalue weighted by Crippen LogP contribution is 2.21. The summed E-state index contributed by atoms with van der Waals surface area (Å²) in [5, 5.41) is 8.33. The van der Waals surface area contributed by atoms with Gasteiger partial charge in [0.25, 0.3) is 0 Å². The van der Waals surface area contributed by atoms with Gasteiger partial charge in [0.2, 0.25) is 0 Å². The molecule has 0 aromatic heterocycles. The van der Waals surface area contributed by atoms with Gasteiger partial charge in [-0.1, -0.05) is 29.8 Å². The van der Waals surface area contributed by atoms with Gasteiger partial charge in [-0.25, -0.2) is 4.79 Å². The van der Waals surface area contributed by atoms with E-state index in [1.165, 1.54) is 12.1 Å². The first-order chi connectivity index (χ1) is 6.93. The van der Waals surface area contributed by atoms with Crippen LogP contribution in [0, 0.1) is 0 Å². The summed E-state index contributed by atoms with van der Waals surface area (Å²) in [6.45, 7) is -0.557. The van der Waals surface area contributed by atoms with Crippen molar-refractivity contribution in [3.05, 3.63) is 34.9 Å². The smallest absolute Gasteiger partial charge is 0.456 e. The number of hydrogen-bond donors (Lipinski definition) is 1. The average Bonchev–Trinajstić information content (AvgIpc) is 2.16. The number of carbonyl (C=O) groups is 1. The fraction of sp³-hybridized carbons (Fsp3) is 0.222. The van der Waals surface area contributed by atoms with Crippen LogP contribution in [0.5, 0.6) is 0 Å². The first-order valence-electron chi connectivity index (χ1n) is 3.92. The standard InChI is InChI=1S/C9H7ClF2O3/c10-7-4-2-1-3-6(7)5-15-9(11,12)8(13)14/h1-4H,5H2,(H,13,14). The predicted molar refractivity (Wildman–Crippen MR) is 48.8 cm³/mol. The lowest BCUT2D eigenvalue weighted by Crippen LogP contribution is -2.31. The number of ether oxygens (including phenoxy) is 1. The molecule has 0 saturated heterocycles. The van der Waals surface area contributed by atoms with E-state index in [4.69, 9.17) is 16.7 Å². The Kier molecular flexibility index (Phi) is 3.60. The highest BCUT2D eigenvalue weighted by Gasteiger charge is 2.40. The SMILES string of the molecule is O=C(O)C(F)(F)OCc1ccccc1Cl. The number of aliphatic carboxylic acids is 1. The van der Waals surface area contributed by atoms with Crippen LogP contribution in [0.15, 0.2) is 24.3 Å². The molecule has 1 aromatic carbocycles. The normalized spacial score (nSPS) is 11.4. The van der Waals surface area contributed by atoms with E-state index in [9.17, 15) is 13.6 Å². The number of hydrogen-bond acceptors (Lipinski definition) is 2. The lowest BCUT2D eigenvalue weighted by atomic mass is 10.2. The molecular formula is C9H7ClF2O3. The van der Waals surface area contributed by atoms with Gasteiger partial charge in [0.05, 0.1) is 6.61 Å². The minimum atomic E-state index is -4.20.